The summed E-state index contributed by atoms with van der Waals surface area (Å²) >= 11 is 1.80. The lowest BCUT2D eigenvalue weighted by atomic mass is 10.3. The minimum atomic E-state index is 0.273. The molecule has 1 fully saturated rings. The monoisotopic (exact) mass is 202 g/mol. The number of nitrogens with zero attached hydrogens (tertiary/aromatic N) is 2. The average Bonchev–Trinajstić information content (AvgIpc) is 2.16. The summed E-state index contributed by atoms with van der Waals surface area (Å²) in [6.45, 7) is 7.53. The van der Waals surface area contributed by atoms with E-state index in [0.717, 1.165) is 19.6 Å². The fourth-order valence-electron chi connectivity index (χ4n) is 1.52. The van der Waals surface area contributed by atoms with Crippen LogP contribution in [-0.4, -0.2) is 53.5 Å². The van der Waals surface area contributed by atoms with Crippen LogP contribution >= 0.6 is 11.8 Å². The van der Waals surface area contributed by atoms with Crippen LogP contribution in [0, 0.1) is 0 Å². The number of carbonyl (C=O) groups excluding carboxylic acids is 1. The van der Waals surface area contributed by atoms with Crippen molar-refractivity contribution in [2.45, 2.75) is 19.2 Å². The summed E-state index contributed by atoms with van der Waals surface area (Å²) in [5, 5.41) is 0.461. The van der Waals surface area contributed by atoms with Crippen molar-refractivity contribution >= 4 is 17.7 Å². The molecule has 1 saturated heterocycles. The summed E-state index contributed by atoms with van der Waals surface area (Å²) in [6, 6.07) is 0. The third-order valence-electron chi connectivity index (χ3n) is 2.59. The van der Waals surface area contributed by atoms with Crippen molar-refractivity contribution in [3.05, 3.63) is 0 Å². The molecule has 1 unspecified atom stereocenters. The molecule has 1 atom stereocenters. The van der Waals surface area contributed by atoms with Crippen molar-refractivity contribution < 1.29 is 4.79 Å². The maximum absolute atomic E-state index is 11.5. The summed E-state index contributed by atoms with van der Waals surface area (Å²) in [5.41, 5.74) is 0. The number of thioether (sulfide) groups is 1. The van der Waals surface area contributed by atoms with E-state index in [1.165, 1.54) is 0 Å². The predicted molar refractivity (Wildman–Crippen MR) is 56.8 cm³/mol. The number of hydrogen-bond acceptors (Lipinski definition) is 3. The molecule has 1 heterocycles. The highest BCUT2D eigenvalue weighted by molar-refractivity contribution is 7.99. The van der Waals surface area contributed by atoms with Gasteiger partial charge in [0.25, 0.3) is 0 Å². The molecule has 0 aliphatic carbocycles. The summed E-state index contributed by atoms with van der Waals surface area (Å²) in [4.78, 5) is 15.7. The van der Waals surface area contributed by atoms with Gasteiger partial charge in [-0.3, -0.25) is 9.69 Å². The van der Waals surface area contributed by atoms with Crippen LogP contribution in [0.3, 0.4) is 0 Å². The number of likely N-dealkylation sites (N-methyl/N-ethyl adjacent to an activating group) is 1. The maximum Gasteiger partial charge on any atom is 0.236 e. The summed E-state index contributed by atoms with van der Waals surface area (Å²) in [6.07, 6.45) is 2.08. The second kappa shape index (κ2) is 4.86. The highest BCUT2D eigenvalue weighted by atomic mass is 32.2. The van der Waals surface area contributed by atoms with Crippen LogP contribution in [-0.2, 0) is 4.79 Å². The zero-order chi connectivity index (χ0) is 9.84. The van der Waals surface area contributed by atoms with E-state index in [0.29, 0.717) is 11.9 Å². The van der Waals surface area contributed by atoms with Crippen LogP contribution in [0.25, 0.3) is 0 Å². The van der Waals surface area contributed by atoms with Crippen LogP contribution in [0.5, 0.6) is 0 Å². The third kappa shape index (κ3) is 2.61. The Balaban J connectivity index is 2.45. The molecule has 0 spiro atoms. The number of carbonyl (C=O) groups is 1. The Morgan fingerprint density at radius 2 is 2.23 bits per heavy atom. The Morgan fingerprint density at radius 1 is 1.54 bits per heavy atom. The minimum Gasteiger partial charge on any atom is -0.341 e. The first kappa shape index (κ1) is 10.9. The lowest BCUT2D eigenvalue weighted by molar-refractivity contribution is -0.135. The predicted octanol–water partition coefficient (Wildman–Crippen LogP) is 0.859. The first-order valence-electron chi connectivity index (χ1n) is 4.73. The largest absolute Gasteiger partial charge is 0.341 e. The van der Waals surface area contributed by atoms with E-state index in [1.807, 2.05) is 11.8 Å². The molecule has 0 aromatic heterocycles. The van der Waals surface area contributed by atoms with Gasteiger partial charge >= 0.3 is 0 Å². The molecule has 76 valence electrons. The van der Waals surface area contributed by atoms with Crippen LogP contribution in [0.15, 0.2) is 0 Å². The highest BCUT2D eigenvalue weighted by Crippen LogP contribution is 2.14. The van der Waals surface area contributed by atoms with E-state index in [4.69, 9.17) is 0 Å². The van der Waals surface area contributed by atoms with Crippen molar-refractivity contribution in [3.8, 4) is 0 Å². The highest BCUT2D eigenvalue weighted by Gasteiger charge is 2.25. The first-order valence-corrected chi connectivity index (χ1v) is 6.02. The molecule has 1 aliphatic heterocycles. The quantitative estimate of drug-likeness (QED) is 0.678. The Hall–Kier alpha value is -0.220. The molecule has 0 radical (unpaired) electrons. The molecule has 0 N–H and O–H groups in total. The first-order chi connectivity index (χ1) is 6.19. The molecule has 3 nitrogen and oxygen atoms in total. The van der Waals surface area contributed by atoms with E-state index in [-0.39, 0.29) is 5.91 Å². The Bertz CT molecular complexity index is 186. The van der Waals surface area contributed by atoms with Crippen molar-refractivity contribution in [3.63, 3.8) is 0 Å². The fraction of sp³-hybridized carbons (Fsp3) is 0.889. The molecule has 1 rings (SSSR count). The van der Waals surface area contributed by atoms with Gasteiger partial charge in [0, 0.05) is 19.6 Å². The van der Waals surface area contributed by atoms with Crippen LogP contribution in [0.2, 0.25) is 0 Å². The number of hydrogen-bond donors (Lipinski definition) is 0. The second-order valence-corrected chi connectivity index (χ2v) is 4.43. The Morgan fingerprint density at radius 3 is 2.69 bits per heavy atom. The molecule has 0 aromatic rings. The number of rotatable bonds is 3. The van der Waals surface area contributed by atoms with Gasteiger partial charge in [0.05, 0.1) is 11.9 Å². The van der Waals surface area contributed by atoms with Gasteiger partial charge in [-0.1, -0.05) is 0 Å². The topological polar surface area (TPSA) is 23.6 Å². The van der Waals surface area contributed by atoms with Crippen LogP contribution in [0.4, 0.5) is 0 Å². The normalized spacial score (nSPS) is 22.1. The molecule has 1 aliphatic rings. The van der Waals surface area contributed by atoms with Gasteiger partial charge in [0.2, 0.25) is 5.91 Å². The summed E-state index contributed by atoms with van der Waals surface area (Å²) in [7, 11) is 0. The summed E-state index contributed by atoms with van der Waals surface area (Å²) in [5.74, 6) is 0.273. The smallest absolute Gasteiger partial charge is 0.236 e. The zero-order valence-corrected chi connectivity index (χ0v) is 9.43. The molecular formula is C9H18N2OS. The van der Waals surface area contributed by atoms with Gasteiger partial charge in [0.1, 0.15) is 0 Å². The van der Waals surface area contributed by atoms with Gasteiger partial charge in [-0.15, -0.1) is 11.8 Å². The average molecular weight is 202 g/mol. The van der Waals surface area contributed by atoms with Crippen molar-refractivity contribution in [2.75, 3.05) is 32.4 Å². The van der Waals surface area contributed by atoms with Gasteiger partial charge < -0.3 is 4.90 Å². The van der Waals surface area contributed by atoms with E-state index < -0.39 is 0 Å². The van der Waals surface area contributed by atoms with Crippen molar-refractivity contribution in [1.29, 1.82) is 0 Å². The van der Waals surface area contributed by atoms with E-state index >= 15 is 0 Å². The molecule has 1 amide bonds. The van der Waals surface area contributed by atoms with Crippen molar-refractivity contribution in [1.82, 2.24) is 9.80 Å². The van der Waals surface area contributed by atoms with E-state index in [2.05, 4.69) is 18.1 Å². The van der Waals surface area contributed by atoms with Gasteiger partial charge in [0.15, 0.2) is 0 Å². The molecule has 0 bridgehead atoms. The zero-order valence-electron chi connectivity index (χ0n) is 8.62. The van der Waals surface area contributed by atoms with Gasteiger partial charge in [-0.2, -0.15) is 0 Å². The van der Waals surface area contributed by atoms with Gasteiger partial charge in [-0.25, -0.2) is 0 Å². The lowest BCUT2D eigenvalue weighted by Gasteiger charge is -2.36. The molecule has 13 heavy (non-hydrogen) atoms. The molecule has 0 saturated carbocycles. The molecular weight excluding hydrogens is 184 g/mol. The number of piperazine rings is 1. The van der Waals surface area contributed by atoms with E-state index in [1.54, 1.807) is 11.8 Å². The lowest BCUT2D eigenvalue weighted by Crippen LogP contribution is -2.52. The van der Waals surface area contributed by atoms with Crippen molar-refractivity contribution in [2.24, 2.45) is 0 Å². The maximum atomic E-state index is 11.5. The van der Waals surface area contributed by atoms with Crippen LogP contribution < -0.4 is 0 Å². The van der Waals surface area contributed by atoms with E-state index in [9.17, 15) is 4.79 Å². The number of amides is 1. The molecule has 4 heteroatoms. The molecule has 0 aromatic carbocycles. The fourth-order valence-corrected chi connectivity index (χ4v) is 2.00. The second-order valence-electron chi connectivity index (χ2n) is 3.28. The SMILES string of the molecule is CCN1CCN(C(C)SC)CC1=O. The Labute approximate surface area is 84.5 Å². The van der Waals surface area contributed by atoms with Gasteiger partial charge in [-0.05, 0) is 20.1 Å². The minimum absolute atomic E-state index is 0.273. The Kier molecular flexibility index (Phi) is 4.06. The standard InChI is InChI=1S/C9H18N2OS/c1-4-10-5-6-11(7-9(10)12)8(2)13-3/h8H,4-7H2,1-3H3. The summed E-state index contributed by atoms with van der Waals surface area (Å²) < 4.78 is 0. The third-order valence-corrected chi connectivity index (χ3v) is 3.57. The van der Waals surface area contributed by atoms with Crippen LogP contribution in [0.1, 0.15) is 13.8 Å².